The molecule has 5 nitrogen and oxygen atoms in total. The summed E-state index contributed by atoms with van der Waals surface area (Å²) in [7, 11) is 1.58. The number of pyridine rings is 1. The smallest absolute Gasteiger partial charge is 0.311 e. The molecule has 6 heteroatoms. The predicted molar refractivity (Wildman–Crippen MR) is 92.4 cm³/mol. The van der Waals surface area contributed by atoms with Gasteiger partial charge in [-0.1, -0.05) is 12.1 Å². The third-order valence-electron chi connectivity index (χ3n) is 4.75. The molecule has 1 aromatic carbocycles. The normalized spacial score (nSPS) is 20.3. The number of anilines is 1. The number of carboxylic acid groups (broad SMARTS) is 1. The van der Waals surface area contributed by atoms with E-state index in [2.05, 4.69) is 4.98 Å². The number of methoxy groups -OCH3 is 1. The molecule has 0 amide bonds. The highest BCUT2D eigenvalue weighted by Crippen LogP contribution is 2.36. The van der Waals surface area contributed by atoms with Gasteiger partial charge in [0.05, 0.1) is 12.5 Å². The van der Waals surface area contributed by atoms with Crippen LogP contribution < -0.4 is 9.64 Å². The van der Waals surface area contributed by atoms with E-state index in [4.69, 9.17) is 4.74 Å². The van der Waals surface area contributed by atoms with Crippen LogP contribution in [0.5, 0.6) is 5.75 Å². The summed E-state index contributed by atoms with van der Waals surface area (Å²) >= 11 is 0. The Hall–Kier alpha value is -2.63. The zero-order valence-electron chi connectivity index (χ0n) is 14.1. The second kappa shape index (κ2) is 7.09. The Balaban J connectivity index is 1.89. The minimum Gasteiger partial charge on any atom is -0.497 e. The summed E-state index contributed by atoms with van der Waals surface area (Å²) in [6.45, 7) is 0.828. The largest absolute Gasteiger partial charge is 0.497 e. The first-order chi connectivity index (χ1) is 12.0. The highest BCUT2D eigenvalue weighted by atomic mass is 19.1. The van der Waals surface area contributed by atoms with E-state index in [-0.39, 0.29) is 12.4 Å². The molecule has 1 saturated heterocycles. The number of carboxylic acids is 1. The number of aliphatic carboxylic acids is 1. The quantitative estimate of drug-likeness (QED) is 0.903. The summed E-state index contributed by atoms with van der Waals surface area (Å²) in [6, 6.07) is 10.3. The number of nitrogens with zero attached hydrogens (tertiary/aromatic N) is 2. The Morgan fingerprint density at radius 2 is 2.24 bits per heavy atom. The fourth-order valence-electron chi connectivity index (χ4n) is 3.49. The number of ether oxygens (including phenoxy) is 1. The maximum atomic E-state index is 14.1. The molecule has 1 aliphatic heterocycles. The van der Waals surface area contributed by atoms with Crippen LogP contribution in [0.3, 0.4) is 0 Å². The molecule has 2 aromatic rings. The van der Waals surface area contributed by atoms with Gasteiger partial charge in [0, 0.05) is 19.3 Å². The van der Waals surface area contributed by atoms with Gasteiger partial charge in [-0.25, -0.2) is 9.37 Å². The average Bonchev–Trinajstić information content (AvgIpc) is 2.62. The Morgan fingerprint density at radius 1 is 1.40 bits per heavy atom. The van der Waals surface area contributed by atoms with Gasteiger partial charge in [0.25, 0.3) is 0 Å². The van der Waals surface area contributed by atoms with E-state index in [0.29, 0.717) is 31.6 Å². The molecule has 1 aromatic heterocycles. The number of aromatic nitrogens is 1. The van der Waals surface area contributed by atoms with Crippen LogP contribution in [0.1, 0.15) is 18.4 Å². The first kappa shape index (κ1) is 17.2. The van der Waals surface area contributed by atoms with E-state index in [0.717, 1.165) is 5.56 Å². The molecule has 25 heavy (non-hydrogen) atoms. The molecule has 3 rings (SSSR count). The van der Waals surface area contributed by atoms with E-state index < -0.39 is 17.2 Å². The van der Waals surface area contributed by atoms with Crippen LogP contribution in [0.4, 0.5) is 10.2 Å². The molecular weight excluding hydrogens is 323 g/mol. The SMILES string of the molecule is COc1cccc(C[C@]2(C(=O)O)CCCN(c3ncccc3F)C2)c1. The van der Waals surface area contributed by atoms with Crippen molar-refractivity contribution in [3.8, 4) is 5.75 Å². The zero-order valence-corrected chi connectivity index (χ0v) is 14.1. The number of piperidine rings is 1. The van der Waals surface area contributed by atoms with Gasteiger partial charge in [-0.3, -0.25) is 4.79 Å². The van der Waals surface area contributed by atoms with Crippen molar-refractivity contribution >= 4 is 11.8 Å². The van der Waals surface area contributed by atoms with Crippen LogP contribution in [-0.2, 0) is 11.2 Å². The van der Waals surface area contributed by atoms with Gasteiger partial charge in [0.15, 0.2) is 11.6 Å². The maximum Gasteiger partial charge on any atom is 0.311 e. The summed E-state index contributed by atoms with van der Waals surface area (Å²) in [6.07, 6.45) is 3.11. The molecule has 132 valence electrons. The minimum atomic E-state index is -0.978. The third-order valence-corrected chi connectivity index (χ3v) is 4.75. The predicted octanol–water partition coefficient (Wildman–Crippen LogP) is 3.14. The Morgan fingerprint density at radius 3 is 2.96 bits per heavy atom. The van der Waals surface area contributed by atoms with Crippen molar-refractivity contribution in [2.75, 3.05) is 25.1 Å². The number of benzene rings is 1. The molecule has 2 heterocycles. The molecule has 0 radical (unpaired) electrons. The molecule has 0 aliphatic carbocycles. The fourth-order valence-corrected chi connectivity index (χ4v) is 3.49. The summed E-state index contributed by atoms with van der Waals surface area (Å²) in [4.78, 5) is 18.0. The van der Waals surface area contributed by atoms with Gasteiger partial charge in [-0.05, 0) is 49.1 Å². The second-order valence-electron chi connectivity index (χ2n) is 6.45. The maximum absolute atomic E-state index is 14.1. The first-order valence-electron chi connectivity index (χ1n) is 8.26. The second-order valence-corrected chi connectivity index (χ2v) is 6.45. The summed E-state index contributed by atoms with van der Waals surface area (Å²) < 4.78 is 19.3. The van der Waals surface area contributed by atoms with Gasteiger partial charge >= 0.3 is 5.97 Å². The molecule has 1 aliphatic rings. The summed E-state index contributed by atoms with van der Waals surface area (Å²) in [5.74, 6) is -0.374. The fraction of sp³-hybridized carbons (Fsp3) is 0.368. The Bertz CT molecular complexity index is 768. The number of hydrogen-bond acceptors (Lipinski definition) is 4. The summed E-state index contributed by atoms with van der Waals surface area (Å²) in [5.41, 5.74) is -0.0840. The van der Waals surface area contributed by atoms with Crippen molar-refractivity contribution in [1.82, 2.24) is 4.98 Å². The van der Waals surface area contributed by atoms with Crippen LogP contribution in [0.15, 0.2) is 42.6 Å². The number of carbonyl (C=O) groups is 1. The van der Waals surface area contributed by atoms with Crippen molar-refractivity contribution in [3.63, 3.8) is 0 Å². The van der Waals surface area contributed by atoms with Gasteiger partial charge in [0.2, 0.25) is 0 Å². The van der Waals surface area contributed by atoms with Gasteiger partial charge < -0.3 is 14.7 Å². The van der Waals surface area contributed by atoms with E-state index in [1.54, 1.807) is 12.0 Å². The molecule has 1 fully saturated rings. The lowest BCUT2D eigenvalue weighted by Gasteiger charge is -2.40. The van der Waals surface area contributed by atoms with Gasteiger partial charge in [-0.2, -0.15) is 0 Å². The number of hydrogen-bond donors (Lipinski definition) is 1. The van der Waals surface area contributed by atoms with Crippen LogP contribution in [0.2, 0.25) is 0 Å². The lowest BCUT2D eigenvalue weighted by molar-refractivity contribution is -0.149. The standard InChI is InChI=1S/C19H21FN2O3/c1-25-15-6-2-5-14(11-15)12-19(18(23)24)8-4-10-22(13-19)17-16(20)7-3-9-21-17/h2-3,5-7,9,11H,4,8,10,12-13H2,1H3,(H,23,24)/t19-/m1/s1. The van der Waals surface area contributed by atoms with Gasteiger partial charge in [0.1, 0.15) is 5.75 Å². The Kier molecular flexibility index (Phi) is 4.88. The number of rotatable bonds is 5. The highest BCUT2D eigenvalue weighted by molar-refractivity contribution is 5.76. The lowest BCUT2D eigenvalue weighted by Crippen LogP contribution is -2.49. The van der Waals surface area contributed by atoms with E-state index in [9.17, 15) is 14.3 Å². The first-order valence-corrected chi connectivity index (χ1v) is 8.26. The van der Waals surface area contributed by atoms with Crippen LogP contribution in [0, 0.1) is 11.2 Å². The monoisotopic (exact) mass is 344 g/mol. The van der Waals surface area contributed by atoms with Crippen LogP contribution >= 0.6 is 0 Å². The molecule has 0 spiro atoms. The van der Waals surface area contributed by atoms with Crippen molar-refractivity contribution in [3.05, 3.63) is 54.0 Å². The van der Waals surface area contributed by atoms with Crippen molar-refractivity contribution in [2.45, 2.75) is 19.3 Å². The minimum absolute atomic E-state index is 0.221. The molecule has 0 saturated carbocycles. The van der Waals surface area contributed by atoms with Crippen LogP contribution in [-0.4, -0.2) is 36.3 Å². The van der Waals surface area contributed by atoms with Crippen molar-refractivity contribution < 1.29 is 19.0 Å². The van der Waals surface area contributed by atoms with E-state index >= 15 is 0 Å². The zero-order chi connectivity index (χ0) is 17.9. The molecule has 0 bridgehead atoms. The van der Waals surface area contributed by atoms with Crippen LogP contribution in [0.25, 0.3) is 0 Å². The van der Waals surface area contributed by atoms with E-state index in [1.165, 1.54) is 18.3 Å². The molecule has 1 atom stereocenters. The number of halogens is 1. The van der Waals surface area contributed by atoms with Crippen molar-refractivity contribution in [1.29, 1.82) is 0 Å². The lowest BCUT2D eigenvalue weighted by atomic mass is 9.75. The topological polar surface area (TPSA) is 62.7 Å². The third kappa shape index (κ3) is 3.57. The van der Waals surface area contributed by atoms with E-state index in [1.807, 2.05) is 24.3 Å². The van der Waals surface area contributed by atoms with Crippen molar-refractivity contribution in [2.24, 2.45) is 5.41 Å². The summed E-state index contributed by atoms with van der Waals surface area (Å²) in [5, 5.41) is 9.94. The molecule has 1 N–H and O–H groups in total. The molecular formula is C19H21FN2O3. The highest BCUT2D eigenvalue weighted by Gasteiger charge is 2.43. The van der Waals surface area contributed by atoms with Gasteiger partial charge in [-0.15, -0.1) is 0 Å². The average molecular weight is 344 g/mol. The Labute approximate surface area is 146 Å². The molecule has 0 unspecified atom stereocenters.